The van der Waals surface area contributed by atoms with Crippen LogP contribution < -0.4 is 10.5 Å². The van der Waals surface area contributed by atoms with Crippen molar-refractivity contribution >= 4 is 52.9 Å². The number of fused-ring (bicyclic) bond motifs is 3. The van der Waals surface area contributed by atoms with Crippen LogP contribution in [0.5, 0.6) is 17.2 Å². The molecule has 18 heteroatoms. The Morgan fingerprint density at radius 1 is 0.961 bits per heavy atom. The predicted molar refractivity (Wildman–Crippen MR) is 169 cm³/mol. The standard InChI is InChI=1S/C33H37NO16.Na/c1-10-29(49-32-28(42)26(40)27(41)30(50-32)31(43)44)14(34)7-17(47-10)48-16-9-33(45,11(2)35)8-13-19(16)25(39)21-20(23(13)37)22(36)12-5-4-6-15(46-3)18(12)24(21)38;/h4-6,10,14,16-17,26-30,32,37,39-42,45H,7-9,34H2,1-3H3,(H,43,44);/t10-,14-,16-,17-,26-,27-,28+,29+,30-,32-,33-;/m0./s1. The van der Waals surface area contributed by atoms with E-state index < -0.39 is 126 Å². The van der Waals surface area contributed by atoms with E-state index in [2.05, 4.69) is 0 Å². The number of ketones is 3. The molecule has 17 nitrogen and oxygen atoms in total. The molecule has 6 rings (SSSR count). The Bertz CT molecular complexity index is 1760. The number of carboxylic acid groups (broad SMARTS) is 1. The molecule has 4 aliphatic rings. The minimum Gasteiger partial charge on any atom is -0.507 e. The molecule has 0 spiro atoms. The summed E-state index contributed by atoms with van der Waals surface area (Å²) >= 11 is 0. The van der Waals surface area contributed by atoms with E-state index in [1.54, 1.807) is 0 Å². The smallest absolute Gasteiger partial charge is 0.335 e. The molecular weight excluding hydrogens is 689 g/mol. The molecule has 0 saturated carbocycles. The maximum atomic E-state index is 13.8. The third kappa shape index (κ3) is 6.49. The number of hydrogen-bond donors (Lipinski definition) is 8. The van der Waals surface area contributed by atoms with Gasteiger partial charge in [0.1, 0.15) is 47.3 Å². The van der Waals surface area contributed by atoms with Crippen molar-refractivity contribution in [3.63, 3.8) is 0 Å². The molecule has 11 atom stereocenters. The Balaban J connectivity index is 0.00000504. The van der Waals surface area contributed by atoms with E-state index in [9.17, 15) is 54.9 Å². The number of carbonyl (C=O) groups is 4. The molecule has 2 aromatic carbocycles. The summed E-state index contributed by atoms with van der Waals surface area (Å²) in [6, 6.07) is 3.35. The van der Waals surface area contributed by atoms with E-state index >= 15 is 0 Å². The van der Waals surface area contributed by atoms with Gasteiger partial charge in [-0.05, 0) is 19.9 Å². The van der Waals surface area contributed by atoms with E-state index in [0.29, 0.717) is 0 Å². The molecule has 1 radical (unpaired) electrons. The van der Waals surface area contributed by atoms with Crippen molar-refractivity contribution in [1.82, 2.24) is 0 Å². The van der Waals surface area contributed by atoms with Crippen LogP contribution in [0.25, 0.3) is 0 Å². The first-order chi connectivity index (χ1) is 23.5. The molecule has 0 aromatic heterocycles. The van der Waals surface area contributed by atoms with Gasteiger partial charge in [0.15, 0.2) is 30.3 Å². The first-order valence-electron chi connectivity index (χ1n) is 15.8. The maximum absolute atomic E-state index is 13.8. The van der Waals surface area contributed by atoms with Gasteiger partial charge in [0.25, 0.3) is 0 Å². The van der Waals surface area contributed by atoms with Crippen molar-refractivity contribution < 1.29 is 78.6 Å². The summed E-state index contributed by atoms with van der Waals surface area (Å²) in [5, 5.41) is 74.5. The number of hydrogen-bond acceptors (Lipinski definition) is 16. The number of phenolic OH excluding ortho intramolecular Hbond substituents is 2. The van der Waals surface area contributed by atoms with Crippen molar-refractivity contribution in [3.05, 3.63) is 51.6 Å². The van der Waals surface area contributed by atoms with Gasteiger partial charge in [-0.15, -0.1) is 0 Å². The summed E-state index contributed by atoms with van der Waals surface area (Å²) in [5.74, 6) is -5.26. The minimum atomic E-state index is -2.13. The number of aliphatic carboxylic acids is 1. The summed E-state index contributed by atoms with van der Waals surface area (Å²) in [4.78, 5) is 51.7. The predicted octanol–water partition coefficient (Wildman–Crippen LogP) is -1.44. The second-order valence-corrected chi connectivity index (χ2v) is 13.0. The maximum Gasteiger partial charge on any atom is 0.335 e. The molecule has 2 saturated heterocycles. The topological polar surface area (TPSA) is 282 Å². The quantitative estimate of drug-likeness (QED) is 0.102. The van der Waals surface area contributed by atoms with Gasteiger partial charge in [-0.3, -0.25) is 14.4 Å². The van der Waals surface area contributed by atoms with Gasteiger partial charge >= 0.3 is 5.97 Å². The molecule has 0 bridgehead atoms. The third-order valence-corrected chi connectivity index (χ3v) is 9.87. The zero-order valence-corrected chi connectivity index (χ0v) is 30.0. The number of aromatic hydroxyl groups is 2. The van der Waals surface area contributed by atoms with Gasteiger partial charge < -0.3 is 65.2 Å². The molecule has 2 fully saturated rings. The SMILES string of the molecule is COc1cccc2c1C(=O)c1c(O)c3c(c(O)c1C2=O)C[C@@](O)(C(C)=O)C[C@@H]3O[C@H]1C[C@H](N)[C@H](O[C@H]2O[C@H](C(=O)O)[C@@H](O)[C@H](O)[C@H]2O)[C@H](C)O1.[Na]. The van der Waals surface area contributed by atoms with Crippen LogP contribution in [-0.2, 0) is 35.0 Å². The number of nitrogens with two attached hydrogens (primary N) is 1. The average Bonchev–Trinajstić information content (AvgIpc) is 3.05. The first-order valence-corrected chi connectivity index (χ1v) is 15.8. The van der Waals surface area contributed by atoms with Crippen molar-refractivity contribution in [1.29, 1.82) is 0 Å². The molecule has 2 aliphatic carbocycles. The molecule has 0 amide bonds. The van der Waals surface area contributed by atoms with E-state index in [4.69, 9.17) is 29.4 Å². The monoisotopic (exact) mass is 726 g/mol. The largest absolute Gasteiger partial charge is 0.507 e. The van der Waals surface area contributed by atoms with Gasteiger partial charge in [-0.2, -0.15) is 0 Å². The number of methoxy groups -OCH3 is 1. The third-order valence-electron chi connectivity index (χ3n) is 9.87. The van der Waals surface area contributed by atoms with Crippen LogP contribution in [0.4, 0.5) is 0 Å². The zero-order valence-electron chi connectivity index (χ0n) is 28.0. The van der Waals surface area contributed by atoms with E-state index in [1.165, 1.54) is 32.2 Å². The number of carboxylic acids is 1. The van der Waals surface area contributed by atoms with Crippen molar-refractivity contribution in [2.45, 2.75) is 100 Å². The zero-order chi connectivity index (χ0) is 36.6. The van der Waals surface area contributed by atoms with Gasteiger partial charge in [0.2, 0.25) is 5.78 Å². The van der Waals surface area contributed by atoms with Crippen LogP contribution in [0.2, 0.25) is 0 Å². The minimum absolute atomic E-state index is 0. The van der Waals surface area contributed by atoms with Gasteiger partial charge in [0.05, 0.1) is 36.0 Å². The normalized spacial score (nSPS) is 34.4. The molecule has 2 heterocycles. The van der Waals surface area contributed by atoms with Crippen LogP contribution in [-0.4, -0.2) is 157 Å². The molecule has 2 aromatic rings. The fraction of sp³-hybridized carbons (Fsp3) is 0.515. The number of phenols is 2. The number of aliphatic hydroxyl groups is 4. The summed E-state index contributed by atoms with van der Waals surface area (Å²) in [6.45, 7) is 2.63. The summed E-state index contributed by atoms with van der Waals surface area (Å²) in [6.07, 6.45) is -15.1. The van der Waals surface area contributed by atoms with E-state index in [0.717, 1.165) is 6.92 Å². The van der Waals surface area contributed by atoms with Gasteiger partial charge in [-0.1, -0.05) is 12.1 Å². The Morgan fingerprint density at radius 2 is 1.63 bits per heavy atom. The Kier molecular flexibility index (Phi) is 11.1. The van der Waals surface area contributed by atoms with E-state index in [1.807, 2.05) is 0 Å². The fourth-order valence-corrected chi connectivity index (χ4v) is 7.18. The van der Waals surface area contributed by atoms with Crippen LogP contribution in [0.1, 0.15) is 75.8 Å². The number of ether oxygens (including phenoxy) is 5. The number of rotatable bonds is 7. The van der Waals surface area contributed by atoms with Crippen LogP contribution >= 0.6 is 0 Å². The van der Waals surface area contributed by atoms with Crippen molar-refractivity contribution in [2.75, 3.05) is 7.11 Å². The molecular formula is C33H37NNaO16. The summed E-state index contributed by atoms with van der Waals surface area (Å²) in [7, 11) is 1.30. The Hall–Kier alpha value is -3.04. The first kappa shape index (κ1) is 39.2. The molecule has 9 N–H and O–H groups in total. The number of Topliss-reactive ketones (excluding diaryl/α,β-unsaturated/α-hetero) is 1. The van der Waals surface area contributed by atoms with Gasteiger partial charge in [0, 0.05) is 71.6 Å². The summed E-state index contributed by atoms with van der Waals surface area (Å²) in [5.41, 5.74) is 2.71. The summed E-state index contributed by atoms with van der Waals surface area (Å²) < 4.78 is 28.4. The number of benzene rings is 2. The number of carbonyl (C=O) groups excluding carboxylic acids is 3. The van der Waals surface area contributed by atoms with Crippen LogP contribution in [0, 0.1) is 0 Å². The van der Waals surface area contributed by atoms with Crippen LogP contribution in [0.3, 0.4) is 0 Å². The Labute approximate surface area is 312 Å². The number of aliphatic hydroxyl groups excluding tert-OH is 3. The van der Waals surface area contributed by atoms with Crippen LogP contribution in [0.15, 0.2) is 18.2 Å². The average molecular weight is 727 g/mol. The fourth-order valence-electron chi connectivity index (χ4n) is 7.18. The second kappa shape index (κ2) is 14.4. The molecule has 271 valence electrons. The molecule has 2 aliphatic heterocycles. The van der Waals surface area contributed by atoms with E-state index in [-0.39, 0.29) is 64.0 Å². The Morgan fingerprint density at radius 3 is 2.24 bits per heavy atom. The van der Waals surface area contributed by atoms with Crippen molar-refractivity contribution in [3.8, 4) is 17.2 Å². The van der Waals surface area contributed by atoms with Gasteiger partial charge in [-0.25, -0.2) is 4.79 Å². The molecule has 51 heavy (non-hydrogen) atoms. The van der Waals surface area contributed by atoms with Crippen molar-refractivity contribution in [2.24, 2.45) is 5.73 Å². The second-order valence-electron chi connectivity index (χ2n) is 13.0. The molecule has 0 unspecified atom stereocenters.